The zero-order valence-electron chi connectivity index (χ0n) is 15.8. The summed E-state index contributed by atoms with van der Waals surface area (Å²) in [7, 11) is 0. The summed E-state index contributed by atoms with van der Waals surface area (Å²) in [5.74, 6) is 0.816. The van der Waals surface area contributed by atoms with Crippen molar-refractivity contribution in [2.24, 2.45) is 11.3 Å². The summed E-state index contributed by atoms with van der Waals surface area (Å²) in [6.07, 6.45) is 5.15. The molecule has 0 aliphatic carbocycles. The maximum absolute atomic E-state index is 3.80. The first kappa shape index (κ1) is 16.2. The van der Waals surface area contributed by atoms with Crippen molar-refractivity contribution in [2.75, 3.05) is 19.6 Å². The fraction of sp³-hybridized carbons (Fsp3) is 0.636. The molecule has 1 N–H and O–H groups in total. The van der Waals surface area contributed by atoms with E-state index in [1.807, 2.05) is 0 Å². The quantitative estimate of drug-likeness (QED) is 0.770. The van der Waals surface area contributed by atoms with Crippen LogP contribution in [0.15, 0.2) is 24.3 Å². The second-order valence-corrected chi connectivity index (χ2v) is 9.33. The molecule has 24 heavy (non-hydrogen) atoms. The Morgan fingerprint density at radius 3 is 2.75 bits per heavy atom. The number of fused-ring (bicyclic) bond motifs is 5. The highest BCUT2D eigenvalue weighted by molar-refractivity contribution is 5.85. The molecule has 2 aromatic rings. The summed E-state index contributed by atoms with van der Waals surface area (Å²) < 4.78 is 0. The second kappa shape index (κ2) is 5.62. The number of H-pyrrole nitrogens is 1. The van der Waals surface area contributed by atoms with Gasteiger partial charge in [0.1, 0.15) is 0 Å². The third-order valence-electron chi connectivity index (χ3n) is 6.72. The highest BCUT2D eigenvalue weighted by atomic mass is 15.1. The van der Waals surface area contributed by atoms with Crippen molar-refractivity contribution in [1.82, 2.24) is 9.88 Å². The number of hydrogen-bond acceptors (Lipinski definition) is 1. The molecule has 130 valence electrons. The van der Waals surface area contributed by atoms with Crippen molar-refractivity contribution in [3.8, 4) is 0 Å². The van der Waals surface area contributed by atoms with Gasteiger partial charge in [-0.05, 0) is 48.6 Å². The standard InChI is InChI=1S/C22H32N2/c1-5-22(4)13-16-12-21(2,3)20-18(10-11-24(14-16)15-22)17-8-6-7-9-19(17)23-20/h6-9,16,23H,5,10-15H2,1-4H3/t16-,22?/m0/s1. The van der Waals surface area contributed by atoms with Gasteiger partial charge in [-0.25, -0.2) is 0 Å². The van der Waals surface area contributed by atoms with Crippen molar-refractivity contribution in [3.63, 3.8) is 0 Å². The smallest absolute Gasteiger partial charge is 0.0459 e. The Bertz CT molecular complexity index is 742. The average molecular weight is 325 g/mol. The van der Waals surface area contributed by atoms with Crippen LogP contribution in [0, 0.1) is 11.3 Å². The lowest BCUT2D eigenvalue weighted by Crippen LogP contribution is -2.47. The number of rotatable bonds is 1. The first-order valence-corrected chi connectivity index (χ1v) is 9.73. The summed E-state index contributed by atoms with van der Waals surface area (Å²) in [5, 5.41) is 1.44. The zero-order chi connectivity index (χ0) is 16.9. The maximum atomic E-state index is 3.80. The summed E-state index contributed by atoms with van der Waals surface area (Å²) in [5.41, 5.74) is 5.10. The molecular weight excluding hydrogens is 292 g/mol. The van der Waals surface area contributed by atoms with Gasteiger partial charge in [-0.3, -0.25) is 0 Å². The first-order valence-electron chi connectivity index (χ1n) is 9.73. The van der Waals surface area contributed by atoms with Gasteiger partial charge >= 0.3 is 0 Å². The van der Waals surface area contributed by atoms with Crippen LogP contribution in [0.3, 0.4) is 0 Å². The summed E-state index contributed by atoms with van der Waals surface area (Å²) in [6.45, 7) is 13.6. The summed E-state index contributed by atoms with van der Waals surface area (Å²) in [6, 6.07) is 8.87. The maximum Gasteiger partial charge on any atom is 0.0459 e. The lowest BCUT2D eigenvalue weighted by atomic mass is 9.70. The molecule has 1 aromatic heterocycles. The topological polar surface area (TPSA) is 19.0 Å². The molecule has 0 spiro atoms. The van der Waals surface area contributed by atoms with E-state index in [4.69, 9.17) is 0 Å². The number of para-hydroxylation sites is 1. The highest BCUT2D eigenvalue weighted by Gasteiger charge is 2.39. The predicted molar refractivity (Wildman–Crippen MR) is 103 cm³/mol. The van der Waals surface area contributed by atoms with Gasteiger partial charge in [-0.15, -0.1) is 0 Å². The third kappa shape index (κ3) is 2.69. The Hall–Kier alpha value is -1.28. The van der Waals surface area contributed by atoms with E-state index >= 15 is 0 Å². The van der Waals surface area contributed by atoms with Crippen LogP contribution < -0.4 is 0 Å². The van der Waals surface area contributed by atoms with E-state index in [9.17, 15) is 0 Å². The molecule has 2 aliphatic rings. The first-order chi connectivity index (χ1) is 11.4. The van der Waals surface area contributed by atoms with Gasteiger partial charge in [0, 0.05) is 41.6 Å². The third-order valence-corrected chi connectivity index (χ3v) is 6.72. The van der Waals surface area contributed by atoms with Crippen molar-refractivity contribution in [1.29, 1.82) is 0 Å². The Kier molecular flexibility index (Phi) is 3.80. The lowest BCUT2D eigenvalue weighted by molar-refractivity contribution is 0.0489. The van der Waals surface area contributed by atoms with Crippen molar-refractivity contribution >= 4 is 10.9 Å². The average Bonchev–Trinajstić information content (AvgIpc) is 2.92. The molecule has 0 radical (unpaired) electrons. The summed E-state index contributed by atoms with van der Waals surface area (Å²) in [4.78, 5) is 6.55. The largest absolute Gasteiger partial charge is 0.358 e. The lowest BCUT2D eigenvalue weighted by Gasteiger charge is -2.45. The number of benzene rings is 1. The predicted octanol–water partition coefficient (Wildman–Crippen LogP) is 5.13. The van der Waals surface area contributed by atoms with Gasteiger partial charge in [0.15, 0.2) is 0 Å². The van der Waals surface area contributed by atoms with Gasteiger partial charge in [0.25, 0.3) is 0 Å². The van der Waals surface area contributed by atoms with Crippen LogP contribution in [0.25, 0.3) is 10.9 Å². The van der Waals surface area contributed by atoms with Gasteiger partial charge in [0.05, 0.1) is 0 Å². The molecule has 1 aromatic carbocycles. The number of piperidine rings is 1. The molecule has 1 saturated heterocycles. The minimum Gasteiger partial charge on any atom is -0.358 e. The van der Waals surface area contributed by atoms with Gasteiger partial charge in [-0.2, -0.15) is 0 Å². The van der Waals surface area contributed by atoms with Crippen LogP contribution in [-0.4, -0.2) is 29.5 Å². The second-order valence-electron chi connectivity index (χ2n) is 9.33. The van der Waals surface area contributed by atoms with Crippen LogP contribution in [0.5, 0.6) is 0 Å². The molecule has 2 bridgehead atoms. The number of aromatic amines is 1. The van der Waals surface area contributed by atoms with Crippen LogP contribution in [0.2, 0.25) is 0 Å². The van der Waals surface area contributed by atoms with Gasteiger partial charge in [0.2, 0.25) is 0 Å². The molecule has 3 heterocycles. The molecular formula is C22H32N2. The Morgan fingerprint density at radius 1 is 1.17 bits per heavy atom. The van der Waals surface area contributed by atoms with E-state index in [0.29, 0.717) is 5.41 Å². The molecule has 1 fully saturated rings. The molecule has 4 rings (SSSR count). The molecule has 2 unspecified atom stereocenters. The van der Waals surface area contributed by atoms with Gasteiger partial charge in [-0.1, -0.05) is 45.9 Å². The fourth-order valence-electron chi connectivity index (χ4n) is 5.49. The number of aromatic nitrogens is 1. The Morgan fingerprint density at radius 2 is 1.96 bits per heavy atom. The summed E-state index contributed by atoms with van der Waals surface area (Å²) >= 11 is 0. The fourth-order valence-corrected chi connectivity index (χ4v) is 5.49. The van der Waals surface area contributed by atoms with E-state index in [1.165, 1.54) is 61.9 Å². The van der Waals surface area contributed by atoms with E-state index in [0.717, 1.165) is 5.92 Å². The van der Waals surface area contributed by atoms with E-state index in [1.54, 1.807) is 5.56 Å². The zero-order valence-corrected chi connectivity index (χ0v) is 15.8. The van der Waals surface area contributed by atoms with E-state index < -0.39 is 0 Å². The number of hydrogen-bond donors (Lipinski definition) is 1. The number of nitrogens with zero attached hydrogens (tertiary/aromatic N) is 1. The molecule has 2 nitrogen and oxygen atoms in total. The Balaban J connectivity index is 1.78. The van der Waals surface area contributed by atoms with Crippen LogP contribution in [0.4, 0.5) is 0 Å². The Labute approximate surface area is 146 Å². The molecule has 0 saturated carbocycles. The van der Waals surface area contributed by atoms with E-state index in [-0.39, 0.29) is 5.41 Å². The monoisotopic (exact) mass is 324 g/mol. The minimum atomic E-state index is 0.223. The normalized spacial score (nSPS) is 32.7. The molecule has 0 amide bonds. The molecule has 2 heteroatoms. The van der Waals surface area contributed by atoms with Crippen LogP contribution in [-0.2, 0) is 11.8 Å². The van der Waals surface area contributed by atoms with E-state index in [2.05, 4.69) is 61.8 Å². The molecule has 3 atom stereocenters. The van der Waals surface area contributed by atoms with Crippen LogP contribution >= 0.6 is 0 Å². The van der Waals surface area contributed by atoms with Crippen molar-refractivity contribution in [2.45, 2.75) is 58.8 Å². The van der Waals surface area contributed by atoms with Crippen molar-refractivity contribution < 1.29 is 0 Å². The molecule has 2 aliphatic heterocycles. The van der Waals surface area contributed by atoms with Gasteiger partial charge < -0.3 is 9.88 Å². The van der Waals surface area contributed by atoms with Crippen molar-refractivity contribution in [3.05, 3.63) is 35.5 Å². The van der Waals surface area contributed by atoms with Crippen LogP contribution in [0.1, 0.15) is 58.2 Å². The highest BCUT2D eigenvalue weighted by Crippen LogP contribution is 2.44. The minimum absolute atomic E-state index is 0.223. The SMILES string of the molecule is CCC1(C)C[C@H]2CN(CCc3c([nH]c4ccccc34)C(C)(C)C2)C1. The number of nitrogens with one attached hydrogen (secondary N) is 1.